The second-order valence-corrected chi connectivity index (χ2v) is 6.04. The molecule has 1 unspecified atom stereocenters. The van der Waals surface area contributed by atoms with E-state index in [2.05, 4.69) is 15.9 Å². The van der Waals surface area contributed by atoms with Crippen molar-refractivity contribution in [3.8, 4) is 11.5 Å². The molecule has 1 heterocycles. The van der Waals surface area contributed by atoms with E-state index in [9.17, 15) is 4.79 Å². The molecule has 0 radical (unpaired) electrons. The lowest BCUT2D eigenvalue weighted by Crippen LogP contribution is -2.13. The Morgan fingerprint density at radius 2 is 1.90 bits per heavy atom. The van der Waals surface area contributed by atoms with E-state index in [-0.39, 0.29) is 11.9 Å². The van der Waals surface area contributed by atoms with Crippen LogP contribution in [-0.2, 0) is 4.79 Å². The van der Waals surface area contributed by atoms with Crippen LogP contribution < -0.4 is 20.9 Å². The zero-order chi connectivity index (χ0) is 15.2. The number of hydrogen-bond donors (Lipinski definition) is 2. The Kier molecular flexibility index (Phi) is 5.87. The van der Waals surface area contributed by atoms with E-state index in [1.54, 1.807) is 0 Å². The number of unbranched alkanes of at least 4 members (excludes halogenated alkanes) is 1. The summed E-state index contributed by atoms with van der Waals surface area (Å²) in [5, 5.41) is 0. The number of halogens is 1. The minimum absolute atomic E-state index is 0.107. The van der Waals surface area contributed by atoms with Crippen LogP contribution in [0, 0.1) is 0 Å². The van der Waals surface area contributed by atoms with Crippen LogP contribution >= 0.6 is 15.9 Å². The number of carbonyl (C=O) groups excluding carboxylic acids is 1. The van der Waals surface area contributed by atoms with Crippen LogP contribution in [0.1, 0.15) is 43.7 Å². The van der Waals surface area contributed by atoms with Crippen molar-refractivity contribution in [2.24, 2.45) is 11.5 Å². The zero-order valence-electron chi connectivity index (χ0n) is 11.9. The van der Waals surface area contributed by atoms with Crippen molar-refractivity contribution >= 4 is 21.8 Å². The fourth-order valence-corrected chi connectivity index (χ4v) is 2.92. The van der Waals surface area contributed by atoms with Gasteiger partial charge in [0.2, 0.25) is 5.91 Å². The first kappa shape index (κ1) is 16.1. The zero-order valence-corrected chi connectivity index (χ0v) is 13.5. The molecule has 0 fully saturated rings. The third-order valence-corrected chi connectivity index (χ3v) is 4.14. The van der Waals surface area contributed by atoms with Gasteiger partial charge in [0.05, 0.1) is 13.2 Å². The summed E-state index contributed by atoms with van der Waals surface area (Å²) < 4.78 is 12.3. The molecule has 1 atom stereocenters. The van der Waals surface area contributed by atoms with E-state index in [1.165, 1.54) is 0 Å². The minimum atomic E-state index is -0.264. The quantitative estimate of drug-likeness (QED) is 0.767. The largest absolute Gasteiger partial charge is 0.490 e. The van der Waals surface area contributed by atoms with Crippen molar-refractivity contribution in [3.05, 3.63) is 22.2 Å². The van der Waals surface area contributed by atoms with Crippen molar-refractivity contribution < 1.29 is 14.3 Å². The number of carbonyl (C=O) groups is 1. The van der Waals surface area contributed by atoms with Crippen LogP contribution in [0.25, 0.3) is 0 Å². The van der Waals surface area contributed by atoms with Crippen molar-refractivity contribution in [1.82, 2.24) is 0 Å². The van der Waals surface area contributed by atoms with E-state index in [1.807, 2.05) is 12.1 Å². The monoisotopic (exact) mass is 356 g/mol. The number of fused-ring (bicyclic) bond motifs is 1. The topological polar surface area (TPSA) is 87.6 Å². The van der Waals surface area contributed by atoms with Gasteiger partial charge >= 0.3 is 0 Å². The molecule has 116 valence electrons. The molecule has 1 aliphatic rings. The van der Waals surface area contributed by atoms with E-state index in [4.69, 9.17) is 20.9 Å². The maximum atomic E-state index is 10.7. The smallest absolute Gasteiger partial charge is 0.217 e. The first-order chi connectivity index (χ1) is 10.1. The lowest BCUT2D eigenvalue weighted by atomic mass is 10.0. The average Bonchev–Trinajstić information content (AvgIpc) is 2.67. The summed E-state index contributed by atoms with van der Waals surface area (Å²) in [7, 11) is 0. The molecule has 6 heteroatoms. The molecule has 0 saturated heterocycles. The predicted molar refractivity (Wildman–Crippen MR) is 84.3 cm³/mol. The number of rotatable bonds is 6. The Bertz CT molecular complexity index is 508. The van der Waals surface area contributed by atoms with E-state index >= 15 is 0 Å². The van der Waals surface area contributed by atoms with E-state index < -0.39 is 0 Å². The van der Waals surface area contributed by atoms with Crippen molar-refractivity contribution in [2.75, 3.05) is 13.2 Å². The molecule has 2 rings (SSSR count). The molecule has 1 aliphatic heterocycles. The van der Waals surface area contributed by atoms with Gasteiger partial charge in [-0.3, -0.25) is 4.79 Å². The fraction of sp³-hybridized carbons (Fsp3) is 0.533. The second-order valence-electron chi connectivity index (χ2n) is 5.19. The Hall–Kier alpha value is -1.27. The Morgan fingerprint density at radius 1 is 1.24 bits per heavy atom. The van der Waals surface area contributed by atoms with Crippen molar-refractivity contribution in [2.45, 2.75) is 38.1 Å². The van der Waals surface area contributed by atoms with Crippen LogP contribution in [0.2, 0.25) is 0 Å². The second kappa shape index (κ2) is 7.66. The number of amides is 1. The Balaban J connectivity index is 2.01. The lowest BCUT2D eigenvalue weighted by molar-refractivity contribution is -0.118. The van der Waals surface area contributed by atoms with Crippen LogP contribution in [-0.4, -0.2) is 19.1 Å². The summed E-state index contributed by atoms with van der Waals surface area (Å²) >= 11 is 3.54. The molecule has 0 saturated carbocycles. The van der Waals surface area contributed by atoms with Crippen LogP contribution in [0.4, 0.5) is 0 Å². The van der Waals surface area contributed by atoms with Gasteiger partial charge in [0.25, 0.3) is 0 Å². The third-order valence-electron chi connectivity index (χ3n) is 3.45. The summed E-state index contributed by atoms with van der Waals surface area (Å²) in [5.74, 6) is 1.24. The molecule has 1 aromatic rings. The van der Waals surface area contributed by atoms with Gasteiger partial charge in [-0.2, -0.15) is 0 Å². The van der Waals surface area contributed by atoms with Gasteiger partial charge in [-0.05, 0) is 30.5 Å². The summed E-state index contributed by atoms with van der Waals surface area (Å²) in [5.41, 5.74) is 12.4. The van der Waals surface area contributed by atoms with Gasteiger partial charge in [0, 0.05) is 23.4 Å². The van der Waals surface area contributed by atoms with Gasteiger partial charge in [0.15, 0.2) is 11.5 Å². The highest BCUT2D eigenvalue weighted by Crippen LogP contribution is 2.38. The number of hydrogen-bond acceptors (Lipinski definition) is 4. The third kappa shape index (κ3) is 4.61. The van der Waals surface area contributed by atoms with Crippen LogP contribution in [0.3, 0.4) is 0 Å². The molecule has 0 aliphatic carbocycles. The number of primary amides is 1. The van der Waals surface area contributed by atoms with Crippen molar-refractivity contribution in [1.29, 1.82) is 0 Å². The predicted octanol–water partition coefficient (Wildman–Crippen LogP) is 2.66. The molecule has 5 nitrogen and oxygen atoms in total. The average molecular weight is 357 g/mol. The molecule has 1 amide bonds. The van der Waals surface area contributed by atoms with Gasteiger partial charge < -0.3 is 20.9 Å². The number of benzene rings is 1. The molecular formula is C15H21BrN2O3. The summed E-state index contributed by atoms with van der Waals surface area (Å²) in [4.78, 5) is 10.7. The van der Waals surface area contributed by atoms with Crippen LogP contribution in [0.5, 0.6) is 11.5 Å². The summed E-state index contributed by atoms with van der Waals surface area (Å²) in [6.45, 7) is 1.32. The van der Waals surface area contributed by atoms with Gasteiger partial charge in [0.1, 0.15) is 0 Å². The highest BCUT2D eigenvalue weighted by atomic mass is 79.9. The molecule has 0 spiro atoms. The summed E-state index contributed by atoms with van der Waals surface area (Å²) in [6, 6.07) is 3.76. The van der Waals surface area contributed by atoms with E-state index in [0.29, 0.717) is 19.6 Å². The first-order valence-electron chi connectivity index (χ1n) is 7.21. The van der Waals surface area contributed by atoms with Gasteiger partial charge in [-0.25, -0.2) is 0 Å². The number of nitrogens with two attached hydrogens (primary N) is 2. The molecule has 1 aromatic carbocycles. The Labute approximate surface area is 133 Å². The normalized spacial score (nSPS) is 15.3. The number of ether oxygens (including phenoxy) is 2. The first-order valence-corrected chi connectivity index (χ1v) is 8.00. The molecule has 0 bridgehead atoms. The van der Waals surface area contributed by atoms with Crippen molar-refractivity contribution in [3.63, 3.8) is 0 Å². The van der Waals surface area contributed by atoms with Gasteiger partial charge in [-0.1, -0.05) is 22.4 Å². The SMILES string of the molecule is NC(=O)CCCCC(N)c1cc2c(cc1Br)OCCCO2. The van der Waals surface area contributed by atoms with E-state index in [0.717, 1.165) is 47.2 Å². The van der Waals surface area contributed by atoms with Gasteiger partial charge in [-0.15, -0.1) is 0 Å². The standard InChI is InChI=1S/C15H21BrN2O3/c16-11-9-14-13(20-6-3-7-21-14)8-10(11)12(17)4-1-2-5-15(18)19/h8-9,12H,1-7,17H2,(H2,18,19). The molecule has 0 aromatic heterocycles. The maximum absolute atomic E-state index is 10.7. The Morgan fingerprint density at radius 3 is 2.57 bits per heavy atom. The van der Waals surface area contributed by atoms with Crippen LogP contribution in [0.15, 0.2) is 16.6 Å². The molecular weight excluding hydrogens is 336 g/mol. The highest BCUT2D eigenvalue weighted by Gasteiger charge is 2.17. The fourth-order valence-electron chi connectivity index (χ4n) is 2.30. The maximum Gasteiger partial charge on any atom is 0.217 e. The molecule has 4 N–H and O–H groups in total. The highest BCUT2D eigenvalue weighted by molar-refractivity contribution is 9.10. The summed E-state index contributed by atoms with van der Waals surface area (Å²) in [6.07, 6.45) is 3.72. The minimum Gasteiger partial charge on any atom is -0.490 e. The lowest BCUT2D eigenvalue weighted by Gasteiger charge is -2.17. The molecule has 21 heavy (non-hydrogen) atoms.